The average Bonchev–Trinajstić information content (AvgIpc) is 2.79. The summed E-state index contributed by atoms with van der Waals surface area (Å²) in [4.78, 5) is 12.4. The number of nitrogens with zero attached hydrogens (tertiary/aromatic N) is 1. The standard InChI is InChI=1S/C23H30N2O4S/c26-23(24-16-7-19-29-21-8-3-1-4-9-21)15-12-20-10-13-22(14-11-20)30(27,28)25-17-5-2-6-18-25/h1,3-4,8-11,13-14H,2,5-7,12,15-19H2,(H,24,26). The van der Waals surface area contributed by atoms with E-state index in [1.165, 1.54) is 0 Å². The molecule has 2 aromatic carbocycles. The molecule has 1 N–H and O–H groups in total. The van der Waals surface area contributed by atoms with Gasteiger partial charge >= 0.3 is 0 Å². The van der Waals surface area contributed by atoms with E-state index in [4.69, 9.17) is 4.74 Å². The summed E-state index contributed by atoms with van der Waals surface area (Å²) in [5.41, 5.74) is 0.954. The molecule has 0 spiro atoms. The second-order valence-corrected chi connectivity index (χ2v) is 9.41. The molecule has 1 heterocycles. The first kappa shape index (κ1) is 22.3. The Bertz CT molecular complexity index is 893. The fourth-order valence-corrected chi connectivity index (χ4v) is 4.95. The van der Waals surface area contributed by atoms with Crippen LogP contribution < -0.4 is 10.1 Å². The number of ether oxygens (including phenoxy) is 1. The molecule has 1 fully saturated rings. The molecule has 0 saturated carbocycles. The van der Waals surface area contributed by atoms with Crippen LogP contribution in [0.5, 0.6) is 5.75 Å². The van der Waals surface area contributed by atoms with Gasteiger partial charge in [0.15, 0.2) is 0 Å². The van der Waals surface area contributed by atoms with Crippen LogP contribution >= 0.6 is 0 Å². The van der Waals surface area contributed by atoms with E-state index in [1.54, 1.807) is 28.6 Å². The predicted molar refractivity (Wildman–Crippen MR) is 117 cm³/mol. The van der Waals surface area contributed by atoms with Crippen molar-refractivity contribution in [3.8, 4) is 5.75 Å². The van der Waals surface area contributed by atoms with Crippen LogP contribution in [0.4, 0.5) is 0 Å². The fraction of sp³-hybridized carbons (Fsp3) is 0.435. The van der Waals surface area contributed by atoms with E-state index in [-0.39, 0.29) is 5.91 Å². The lowest BCUT2D eigenvalue weighted by Gasteiger charge is -2.25. The topological polar surface area (TPSA) is 75.7 Å². The number of hydrogen-bond donors (Lipinski definition) is 1. The van der Waals surface area contributed by atoms with Crippen molar-refractivity contribution in [2.24, 2.45) is 0 Å². The van der Waals surface area contributed by atoms with Crippen LogP contribution in [0, 0.1) is 0 Å². The van der Waals surface area contributed by atoms with Crippen molar-refractivity contribution in [2.75, 3.05) is 26.2 Å². The first-order valence-corrected chi connectivity index (χ1v) is 12.0. The van der Waals surface area contributed by atoms with Crippen LogP contribution in [0.1, 0.15) is 37.7 Å². The van der Waals surface area contributed by atoms with Crippen LogP contribution in [0.15, 0.2) is 59.5 Å². The zero-order valence-electron chi connectivity index (χ0n) is 17.3. The molecule has 2 aromatic rings. The number of para-hydroxylation sites is 1. The summed E-state index contributed by atoms with van der Waals surface area (Å²) in [6, 6.07) is 16.5. The van der Waals surface area contributed by atoms with Gasteiger partial charge in [0.1, 0.15) is 5.75 Å². The number of carbonyl (C=O) groups is 1. The van der Waals surface area contributed by atoms with Gasteiger partial charge in [-0.1, -0.05) is 36.8 Å². The Morgan fingerprint density at radius 3 is 2.37 bits per heavy atom. The lowest BCUT2D eigenvalue weighted by atomic mass is 10.1. The number of nitrogens with one attached hydrogen (secondary N) is 1. The SMILES string of the molecule is O=C(CCc1ccc(S(=O)(=O)N2CCCCC2)cc1)NCCCOc1ccccc1. The summed E-state index contributed by atoms with van der Waals surface area (Å²) in [5, 5.41) is 2.90. The minimum Gasteiger partial charge on any atom is -0.494 e. The summed E-state index contributed by atoms with van der Waals surface area (Å²) in [6.45, 7) is 2.32. The molecule has 162 valence electrons. The summed E-state index contributed by atoms with van der Waals surface area (Å²) in [6.07, 6.45) is 4.63. The van der Waals surface area contributed by atoms with E-state index in [2.05, 4.69) is 5.32 Å². The van der Waals surface area contributed by atoms with Crippen LogP contribution in [-0.2, 0) is 21.2 Å². The number of benzene rings is 2. The highest BCUT2D eigenvalue weighted by molar-refractivity contribution is 7.89. The first-order chi connectivity index (χ1) is 14.6. The monoisotopic (exact) mass is 430 g/mol. The Morgan fingerprint density at radius 2 is 1.67 bits per heavy atom. The second kappa shape index (κ2) is 11.1. The van der Waals surface area contributed by atoms with E-state index >= 15 is 0 Å². The Labute approximate surface area is 179 Å². The third-order valence-corrected chi connectivity index (χ3v) is 7.08. The Kier molecular flexibility index (Phi) is 8.28. The highest BCUT2D eigenvalue weighted by Crippen LogP contribution is 2.21. The molecule has 6 nitrogen and oxygen atoms in total. The molecule has 0 unspecified atom stereocenters. The number of sulfonamides is 1. The zero-order chi connectivity index (χ0) is 21.2. The van der Waals surface area contributed by atoms with Gasteiger partial charge < -0.3 is 10.1 Å². The number of amides is 1. The maximum absolute atomic E-state index is 12.7. The van der Waals surface area contributed by atoms with E-state index in [0.29, 0.717) is 44.0 Å². The van der Waals surface area contributed by atoms with Crippen molar-refractivity contribution >= 4 is 15.9 Å². The van der Waals surface area contributed by atoms with Crippen LogP contribution in [0.3, 0.4) is 0 Å². The molecule has 0 aromatic heterocycles. The third-order valence-electron chi connectivity index (χ3n) is 5.17. The molecule has 0 atom stereocenters. The van der Waals surface area contributed by atoms with E-state index in [9.17, 15) is 13.2 Å². The van der Waals surface area contributed by atoms with Crippen molar-refractivity contribution in [1.82, 2.24) is 9.62 Å². The molecule has 0 aliphatic carbocycles. The molecule has 1 saturated heterocycles. The smallest absolute Gasteiger partial charge is 0.243 e. The fourth-order valence-electron chi connectivity index (χ4n) is 3.44. The molecule has 1 aliphatic heterocycles. The van der Waals surface area contributed by atoms with E-state index in [0.717, 1.165) is 37.0 Å². The molecule has 1 amide bonds. The van der Waals surface area contributed by atoms with Crippen molar-refractivity contribution in [3.05, 3.63) is 60.2 Å². The van der Waals surface area contributed by atoms with E-state index < -0.39 is 10.0 Å². The molecule has 0 radical (unpaired) electrons. The van der Waals surface area contributed by atoms with Gasteiger partial charge in [0, 0.05) is 26.1 Å². The Morgan fingerprint density at radius 1 is 0.967 bits per heavy atom. The normalized spacial score (nSPS) is 14.9. The first-order valence-electron chi connectivity index (χ1n) is 10.6. The van der Waals surface area contributed by atoms with Gasteiger partial charge in [-0.25, -0.2) is 8.42 Å². The van der Waals surface area contributed by atoms with E-state index in [1.807, 2.05) is 30.3 Å². The number of piperidine rings is 1. The van der Waals surface area contributed by atoms with Crippen LogP contribution in [0.25, 0.3) is 0 Å². The second-order valence-electron chi connectivity index (χ2n) is 7.47. The maximum atomic E-state index is 12.7. The predicted octanol–water partition coefficient (Wildman–Crippen LogP) is 3.38. The van der Waals surface area contributed by atoms with Crippen molar-refractivity contribution in [2.45, 2.75) is 43.4 Å². The van der Waals surface area contributed by atoms with Crippen LogP contribution in [0.2, 0.25) is 0 Å². The lowest BCUT2D eigenvalue weighted by molar-refractivity contribution is -0.121. The average molecular weight is 431 g/mol. The van der Waals surface area contributed by atoms with Crippen molar-refractivity contribution < 1.29 is 17.9 Å². The van der Waals surface area contributed by atoms with Crippen LogP contribution in [-0.4, -0.2) is 44.9 Å². The highest BCUT2D eigenvalue weighted by Gasteiger charge is 2.25. The Hall–Kier alpha value is -2.38. The molecule has 0 bridgehead atoms. The number of aryl methyl sites for hydroxylation is 1. The number of carbonyl (C=O) groups excluding carboxylic acids is 1. The number of rotatable bonds is 10. The number of hydrogen-bond acceptors (Lipinski definition) is 4. The molecule has 7 heteroatoms. The molecular formula is C23H30N2O4S. The summed E-state index contributed by atoms with van der Waals surface area (Å²) >= 11 is 0. The zero-order valence-corrected chi connectivity index (χ0v) is 18.1. The summed E-state index contributed by atoms with van der Waals surface area (Å²) in [5.74, 6) is 0.814. The minimum atomic E-state index is -3.41. The van der Waals surface area contributed by atoms with Gasteiger partial charge in [-0.2, -0.15) is 4.31 Å². The molecule has 1 aliphatic rings. The lowest BCUT2D eigenvalue weighted by Crippen LogP contribution is -2.35. The third kappa shape index (κ3) is 6.57. The minimum absolute atomic E-state index is 0.0141. The van der Waals surface area contributed by atoms with Gasteiger partial charge in [-0.05, 0) is 55.5 Å². The van der Waals surface area contributed by atoms with Gasteiger partial charge in [-0.3, -0.25) is 4.79 Å². The molecular weight excluding hydrogens is 400 g/mol. The largest absolute Gasteiger partial charge is 0.494 e. The van der Waals surface area contributed by atoms with Crippen molar-refractivity contribution in [3.63, 3.8) is 0 Å². The molecule has 30 heavy (non-hydrogen) atoms. The highest BCUT2D eigenvalue weighted by atomic mass is 32.2. The van der Waals surface area contributed by atoms with Gasteiger partial charge in [0.05, 0.1) is 11.5 Å². The maximum Gasteiger partial charge on any atom is 0.243 e. The van der Waals surface area contributed by atoms with Gasteiger partial charge in [0.25, 0.3) is 0 Å². The van der Waals surface area contributed by atoms with Crippen molar-refractivity contribution in [1.29, 1.82) is 0 Å². The molecule has 3 rings (SSSR count). The quantitative estimate of drug-likeness (QED) is 0.587. The Balaban J connectivity index is 1.36. The summed E-state index contributed by atoms with van der Waals surface area (Å²) < 4.78 is 32.5. The van der Waals surface area contributed by atoms with Gasteiger partial charge in [-0.15, -0.1) is 0 Å². The van der Waals surface area contributed by atoms with Gasteiger partial charge in [0.2, 0.25) is 15.9 Å². The summed E-state index contributed by atoms with van der Waals surface area (Å²) in [7, 11) is -3.41.